The van der Waals surface area contributed by atoms with E-state index < -0.39 is 9.84 Å². The number of nitrogens with two attached hydrogens (primary N) is 1. The second-order valence-corrected chi connectivity index (χ2v) is 7.62. The van der Waals surface area contributed by atoms with E-state index in [1.54, 1.807) is 18.2 Å². The molecule has 0 radical (unpaired) electrons. The van der Waals surface area contributed by atoms with Gasteiger partial charge in [-0.15, -0.1) is 0 Å². The highest BCUT2D eigenvalue weighted by Gasteiger charge is 2.19. The Labute approximate surface area is 127 Å². The molecule has 2 N–H and O–H groups in total. The van der Waals surface area contributed by atoms with Crippen molar-refractivity contribution in [2.75, 3.05) is 32.0 Å². The highest BCUT2D eigenvalue weighted by atomic mass is 32.2. The van der Waals surface area contributed by atoms with E-state index in [4.69, 9.17) is 10.5 Å². The SMILES string of the molecule is CC1CN(CCS(=O)(=O)c2cccc(CN)c2)CCCO1. The van der Waals surface area contributed by atoms with Crippen molar-refractivity contribution >= 4 is 9.84 Å². The number of nitrogens with zero attached hydrogens (tertiary/aromatic N) is 1. The Morgan fingerprint density at radius 2 is 2.24 bits per heavy atom. The second-order valence-electron chi connectivity index (χ2n) is 5.51. The third kappa shape index (κ3) is 4.78. The predicted molar refractivity (Wildman–Crippen MR) is 82.9 cm³/mol. The van der Waals surface area contributed by atoms with Crippen molar-refractivity contribution in [1.29, 1.82) is 0 Å². The van der Waals surface area contributed by atoms with E-state index in [-0.39, 0.29) is 11.9 Å². The van der Waals surface area contributed by atoms with Crippen molar-refractivity contribution in [1.82, 2.24) is 4.90 Å². The van der Waals surface area contributed by atoms with Crippen LogP contribution < -0.4 is 5.73 Å². The summed E-state index contributed by atoms with van der Waals surface area (Å²) >= 11 is 0. The van der Waals surface area contributed by atoms with Crippen LogP contribution in [0.5, 0.6) is 0 Å². The standard InChI is InChI=1S/C15H24N2O3S/c1-13-12-17(6-3-8-20-13)7-9-21(18,19)15-5-2-4-14(10-15)11-16/h2,4-5,10,13H,3,6-9,11-12,16H2,1H3. The topological polar surface area (TPSA) is 72.6 Å². The van der Waals surface area contributed by atoms with Gasteiger partial charge in [0.2, 0.25) is 0 Å². The largest absolute Gasteiger partial charge is 0.377 e. The first-order valence-corrected chi connectivity index (χ1v) is 9.02. The minimum Gasteiger partial charge on any atom is -0.377 e. The van der Waals surface area contributed by atoms with E-state index in [2.05, 4.69) is 4.90 Å². The zero-order valence-corrected chi connectivity index (χ0v) is 13.3. The summed E-state index contributed by atoms with van der Waals surface area (Å²) in [6.45, 7) is 5.36. The van der Waals surface area contributed by atoms with Crippen molar-refractivity contribution in [2.24, 2.45) is 5.73 Å². The van der Waals surface area contributed by atoms with E-state index in [0.29, 0.717) is 18.0 Å². The molecular weight excluding hydrogens is 288 g/mol. The molecule has 1 aliphatic heterocycles. The number of ether oxygens (including phenoxy) is 1. The molecule has 0 saturated carbocycles. The molecule has 1 aliphatic rings. The molecule has 1 saturated heterocycles. The maximum atomic E-state index is 12.4. The molecule has 0 aliphatic carbocycles. The molecule has 118 valence electrons. The summed E-state index contributed by atoms with van der Waals surface area (Å²) in [5, 5.41) is 0. The maximum Gasteiger partial charge on any atom is 0.179 e. The van der Waals surface area contributed by atoms with Crippen molar-refractivity contribution in [3.8, 4) is 0 Å². The molecule has 1 fully saturated rings. The van der Waals surface area contributed by atoms with Gasteiger partial charge in [0, 0.05) is 32.8 Å². The Morgan fingerprint density at radius 1 is 1.43 bits per heavy atom. The lowest BCUT2D eigenvalue weighted by Gasteiger charge is -2.21. The van der Waals surface area contributed by atoms with Crippen LogP contribution in [0.4, 0.5) is 0 Å². The quantitative estimate of drug-likeness (QED) is 0.879. The fourth-order valence-electron chi connectivity index (χ4n) is 2.52. The molecule has 0 aromatic heterocycles. The Hall–Kier alpha value is -0.950. The summed E-state index contributed by atoms with van der Waals surface area (Å²) in [6, 6.07) is 6.90. The first-order valence-electron chi connectivity index (χ1n) is 7.37. The van der Waals surface area contributed by atoms with Crippen molar-refractivity contribution in [2.45, 2.75) is 30.9 Å². The van der Waals surface area contributed by atoms with Gasteiger partial charge in [0.15, 0.2) is 9.84 Å². The van der Waals surface area contributed by atoms with E-state index in [9.17, 15) is 8.42 Å². The summed E-state index contributed by atoms with van der Waals surface area (Å²) in [7, 11) is -3.26. The molecule has 1 aromatic rings. The Bertz CT molecular complexity index is 560. The van der Waals surface area contributed by atoms with Crippen molar-refractivity contribution in [3.05, 3.63) is 29.8 Å². The fourth-order valence-corrected chi connectivity index (χ4v) is 3.87. The lowest BCUT2D eigenvalue weighted by Crippen LogP contribution is -2.34. The minimum atomic E-state index is -3.26. The molecule has 1 heterocycles. The van der Waals surface area contributed by atoms with Crippen LogP contribution in [0.25, 0.3) is 0 Å². The molecular formula is C15H24N2O3S. The van der Waals surface area contributed by atoms with Gasteiger partial charge in [-0.3, -0.25) is 4.90 Å². The monoisotopic (exact) mass is 312 g/mol. The molecule has 1 atom stereocenters. The number of rotatable bonds is 5. The Balaban J connectivity index is 2.00. The maximum absolute atomic E-state index is 12.4. The second kappa shape index (κ2) is 7.35. The third-order valence-corrected chi connectivity index (χ3v) is 5.40. The van der Waals surface area contributed by atoms with Crippen LogP contribution in [0.15, 0.2) is 29.2 Å². The number of benzene rings is 1. The lowest BCUT2D eigenvalue weighted by molar-refractivity contribution is 0.0685. The van der Waals surface area contributed by atoms with Gasteiger partial charge in [0.05, 0.1) is 16.8 Å². The van der Waals surface area contributed by atoms with Gasteiger partial charge in [0.1, 0.15) is 0 Å². The zero-order valence-electron chi connectivity index (χ0n) is 12.5. The van der Waals surface area contributed by atoms with E-state index in [1.807, 2.05) is 13.0 Å². The Kier molecular flexibility index (Phi) is 5.75. The highest BCUT2D eigenvalue weighted by Crippen LogP contribution is 2.14. The van der Waals surface area contributed by atoms with Crippen LogP contribution in [0, 0.1) is 0 Å². The Morgan fingerprint density at radius 3 is 3.00 bits per heavy atom. The number of sulfone groups is 1. The van der Waals surface area contributed by atoms with Gasteiger partial charge in [0.25, 0.3) is 0 Å². The van der Waals surface area contributed by atoms with Crippen LogP contribution in [0.3, 0.4) is 0 Å². The molecule has 5 nitrogen and oxygen atoms in total. The van der Waals surface area contributed by atoms with Crippen LogP contribution >= 0.6 is 0 Å². The first kappa shape index (κ1) is 16.4. The molecule has 0 bridgehead atoms. The molecule has 2 rings (SSSR count). The molecule has 1 aromatic carbocycles. The van der Waals surface area contributed by atoms with E-state index in [1.165, 1.54) is 0 Å². The summed E-state index contributed by atoms with van der Waals surface area (Å²) in [5.74, 6) is 0.133. The fraction of sp³-hybridized carbons (Fsp3) is 0.600. The first-order chi connectivity index (χ1) is 10.0. The highest BCUT2D eigenvalue weighted by molar-refractivity contribution is 7.91. The predicted octanol–water partition coefficient (Wildman–Crippen LogP) is 1.03. The average Bonchev–Trinajstić information content (AvgIpc) is 2.69. The van der Waals surface area contributed by atoms with Crippen LogP contribution in [-0.4, -0.2) is 51.4 Å². The lowest BCUT2D eigenvalue weighted by atomic mass is 10.2. The normalized spacial score (nSPS) is 21.1. The molecule has 0 amide bonds. The van der Waals surface area contributed by atoms with Crippen LogP contribution in [-0.2, 0) is 21.1 Å². The summed E-state index contributed by atoms with van der Waals surface area (Å²) in [4.78, 5) is 2.53. The van der Waals surface area contributed by atoms with Gasteiger partial charge < -0.3 is 10.5 Å². The molecule has 6 heteroatoms. The number of hydrogen-bond donors (Lipinski definition) is 1. The molecule has 21 heavy (non-hydrogen) atoms. The van der Waals surface area contributed by atoms with Gasteiger partial charge in [-0.25, -0.2) is 8.42 Å². The molecule has 0 spiro atoms. The van der Waals surface area contributed by atoms with E-state index >= 15 is 0 Å². The zero-order chi connectivity index (χ0) is 15.3. The summed E-state index contributed by atoms with van der Waals surface area (Å²) in [6.07, 6.45) is 1.11. The van der Waals surface area contributed by atoms with Gasteiger partial charge in [-0.05, 0) is 31.0 Å². The van der Waals surface area contributed by atoms with Crippen LogP contribution in [0.1, 0.15) is 18.9 Å². The van der Waals surface area contributed by atoms with Crippen molar-refractivity contribution in [3.63, 3.8) is 0 Å². The van der Waals surface area contributed by atoms with Crippen LogP contribution in [0.2, 0.25) is 0 Å². The summed E-state index contributed by atoms with van der Waals surface area (Å²) < 4.78 is 30.4. The van der Waals surface area contributed by atoms with Gasteiger partial charge in [-0.1, -0.05) is 12.1 Å². The third-order valence-electron chi connectivity index (χ3n) is 3.71. The van der Waals surface area contributed by atoms with Crippen molar-refractivity contribution < 1.29 is 13.2 Å². The minimum absolute atomic E-state index is 0.133. The summed E-state index contributed by atoms with van der Waals surface area (Å²) in [5.41, 5.74) is 6.41. The number of hydrogen-bond acceptors (Lipinski definition) is 5. The van der Waals surface area contributed by atoms with E-state index in [0.717, 1.165) is 31.7 Å². The molecule has 1 unspecified atom stereocenters. The smallest absolute Gasteiger partial charge is 0.179 e. The average molecular weight is 312 g/mol. The van der Waals surface area contributed by atoms with Gasteiger partial charge in [-0.2, -0.15) is 0 Å². The van der Waals surface area contributed by atoms with Gasteiger partial charge >= 0.3 is 0 Å².